The highest BCUT2D eigenvalue weighted by atomic mass is 35.5. The van der Waals surface area contributed by atoms with Crippen LogP contribution in [0.25, 0.3) is 6.08 Å². The molecule has 0 unspecified atom stereocenters. The first-order valence-corrected chi connectivity index (χ1v) is 11.0. The third-order valence-corrected chi connectivity index (χ3v) is 5.88. The Morgan fingerprint density at radius 3 is 2.64 bits per heavy atom. The van der Waals surface area contributed by atoms with Crippen LogP contribution in [-0.4, -0.2) is 19.6 Å². The number of rotatable bonds is 6. The van der Waals surface area contributed by atoms with Crippen molar-refractivity contribution in [2.24, 2.45) is 0 Å². The lowest BCUT2D eigenvalue weighted by Crippen LogP contribution is -2.29. The van der Waals surface area contributed by atoms with Gasteiger partial charge in [-0.2, -0.15) is 5.26 Å². The molecule has 1 heterocycles. The van der Waals surface area contributed by atoms with E-state index in [1.165, 1.54) is 13.2 Å². The minimum Gasteiger partial charge on any atom is -0.493 e. The fourth-order valence-corrected chi connectivity index (χ4v) is 4.10. The van der Waals surface area contributed by atoms with E-state index in [0.29, 0.717) is 33.7 Å². The maximum atomic E-state index is 13.1. The number of hydrogen-bond acceptors (Lipinski definition) is 4. The zero-order chi connectivity index (χ0) is 23.4. The number of halogens is 2. The maximum Gasteiger partial charge on any atom is 0.268 e. The third-order valence-electron chi connectivity index (χ3n) is 5.34. The van der Waals surface area contributed by atoms with Gasteiger partial charge in [0.2, 0.25) is 0 Å². The van der Waals surface area contributed by atoms with Crippen LogP contribution < -0.4 is 14.4 Å². The van der Waals surface area contributed by atoms with Crippen molar-refractivity contribution in [3.8, 4) is 17.6 Å². The second kappa shape index (κ2) is 9.99. The predicted molar refractivity (Wildman–Crippen MR) is 130 cm³/mol. The van der Waals surface area contributed by atoms with Crippen molar-refractivity contribution in [3.63, 3.8) is 0 Å². The molecule has 4 rings (SSSR count). The SMILES string of the molecule is COc1cc(C=C(C#N)C(=O)N2CCc3ccccc32)cc(Cl)c1OCc1ccc(Cl)cc1. The molecule has 0 aromatic heterocycles. The summed E-state index contributed by atoms with van der Waals surface area (Å²) in [6.45, 7) is 0.817. The Morgan fingerprint density at radius 1 is 1.15 bits per heavy atom. The molecule has 0 fully saturated rings. The molecule has 0 saturated heterocycles. The van der Waals surface area contributed by atoms with E-state index in [0.717, 1.165) is 23.2 Å². The molecule has 0 saturated carbocycles. The lowest BCUT2D eigenvalue weighted by atomic mass is 10.1. The second-order valence-corrected chi connectivity index (χ2v) is 8.30. The number of carbonyl (C=O) groups is 1. The first-order valence-electron chi connectivity index (χ1n) is 10.3. The molecule has 1 aliphatic rings. The number of hydrogen-bond donors (Lipinski definition) is 0. The summed E-state index contributed by atoms with van der Waals surface area (Å²) in [6.07, 6.45) is 2.28. The number of methoxy groups -OCH3 is 1. The molecule has 0 N–H and O–H groups in total. The molecule has 0 spiro atoms. The smallest absolute Gasteiger partial charge is 0.268 e. The summed E-state index contributed by atoms with van der Waals surface area (Å²) in [5, 5.41) is 10.6. The Labute approximate surface area is 202 Å². The summed E-state index contributed by atoms with van der Waals surface area (Å²) in [5.74, 6) is 0.434. The lowest BCUT2D eigenvalue weighted by Gasteiger charge is -2.17. The summed E-state index contributed by atoms with van der Waals surface area (Å²) in [4.78, 5) is 14.7. The average molecular weight is 479 g/mol. The maximum absolute atomic E-state index is 13.1. The molecule has 7 heteroatoms. The van der Waals surface area contributed by atoms with E-state index in [1.807, 2.05) is 42.5 Å². The van der Waals surface area contributed by atoms with Crippen molar-refractivity contribution in [3.05, 3.63) is 93.0 Å². The quantitative estimate of drug-likeness (QED) is 0.318. The fourth-order valence-electron chi connectivity index (χ4n) is 3.70. The third kappa shape index (κ3) is 4.98. The van der Waals surface area contributed by atoms with Crippen LogP contribution in [-0.2, 0) is 17.8 Å². The van der Waals surface area contributed by atoms with Gasteiger partial charge in [0.1, 0.15) is 18.2 Å². The molecule has 0 aliphatic carbocycles. The van der Waals surface area contributed by atoms with Gasteiger partial charge in [-0.25, -0.2) is 0 Å². The van der Waals surface area contributed by atoms with Crippen molar-refractivity contribution in [1.82, 2.24) is 0 Å². The molecule has 1 amide bonds. The predicted octanol–water partition coefficient (Wildman–Crippen LogP) is 6.08. The number of ether oxygens (including phenoxy) is 2. The second-order valence-electron chi connectivity index (χ2n) is 7.45. The van der Waals surface area contributed by atoms with Crippen LogP contribution >= 0.6 is 23.2 Å². The van der Waals surface area contributed by atoms with Gasteiger partial charge in [-0.3, -0.25) is 4.79 Å². The molecule has 0 radical (unpaired) electrons. The van der Waals surface area contributed by atoms with Gasteiger partial charge in [-0.1, -0.05) is 53.5 Å². The summed E-state index contributed by atoms with van der Waals surface area (Å²) in [5.41, 5.74) is 3.43. The number of nitrogens with zero attached hydrogens (tertiary/aromatic N) is 2. The number of amides is 1. The van der Waals surface area contributed by atoms with Crippen LogP contribution in [0.1, 0.15) is 16.7 Å². The van der Waals surface area contributed by atoms with E-state index >= 15 is 0 Å². The van der Waals surface area contributed by atoms with E-state index in [9.17, 15) is 10.1 Å². The van der Waals surface area contributed by atoms with Gasteiger partial charge < -0.3 is 14.4 Å². The van der Waals surface area contributed by atoms with E-state index in [4.69, 9.17) is 32.7 Å². The van der Waals surface area contributed by atoms with Crippen LogP contribution in [0.15, 0.2) is 66.2 Å². The van der Waals surface area contributed by atoms with Crippen molar-refractivity contribution < 1.29 is 14.3 Å². The average Bonchev–Trinajstić information content (AvgIpc) is 3.26. The topological polar surface area (TPSA) is 62.6 Å². The lowest BCUT2D eigenvalue weighted by molar-refractivity contribution is -0.114. The summed E-state index contributed by atoms with van der Waals surface area (Å²) in [6, 6.07) is 20.4. The molecular weight excluding hydrogens is 459 g/mol. The van der Waals surface area contributed by atoms with Crippen molar-refractivity contribution >= 4 is 40.9 Å². The van der Waals surface area contributed by atoms with Crippen LogP contribution in [0, 0.1) is 11.3 Å². The number of benzene rings is 3. The highest BCUT2D eigenvalue weighted by Crippen LogP contribution is 2.38. The van der Waals surface area contributed by atoms with Gasteiger partial charge >= 0.3 is 0 Å². The zero-order valence-corrected chi connectivity index (χ0v) is 19.4. The molecule has 3 aromatic rings. The molecule has 33 heavy (non-hydrogen) atoms. The fraction of sp³-hybridized carbons (Fsp3) is 0.154. The van der Waals surface area contributed by atoms with E-state index in [-0.39, 0.29) is 18.1 Å². The van der Waals surface area contributed by atoms with Gasteiger partial charge in [0.15, 0.2) is 11.5 Å². The molecule has 3 aromatic carbocycles. The van der Waals surface area contributed by atoms with Crippen molar-refractivity contribution in [2.45, 2.75) is 13.0 Å². The first kappa shape index (κ1) is 22.7. The Kier molecular flexibility index (Phi) is 6.88. The largest absolute Gasteiger partial charge is 0.493 e. The summed E-state index contributed by atoms with van der Waals surface area (Å²) >= 11 is 12.4. The van der Waals surface area contributed by atoms with Gasteiger partial charge in [0.05, 0.1) is 12.1 Å². The van der Waals surface area contributed by atoms with Gasteiger partial charge in [-0.15, -0.1) is 0 Å². The Hall–Kier alpha value is -3.46. The Morgan fingerprint density at radius 2 is 1.91 bits per heavy atom. The number of para-hydroxylation sites is 1. The number of anilines is 1. The minimum atomic E-state index is -0.347. The number of nitriles is 1. The molecular formula is C26H20Cl2N2O3. The Balaban J connectivity index is 1.58. The number of carbonyl (C=O) groups excluding carboxylic acids is 1. The first-order chi connectivity index (χ1) is 16.0. The zero-order valence-electron chi connectivity index (χ0n) is 17.8. The molecule has 1 aliphatic heterocycles. The normalized spacial score (nSPS) is 12.8. The highest BCUT2D eigenvalue weighted by Gasteiger charge is 2.26. The van der Waals surface area contributed by atoms with Crippen molar-refractivity contribution in [1.29, 1.82) is 5.26 Å². The summed E-state index contributed by atoms with van der Waals surface area (Å²) < 4.78 is 11.3. The molecule has 0 atom stereocenters. The van der Waals surface area contributed by atoms with Crippen LogP contribution in [0.5, 0.6) is 11.5 Å². The van der Waals surface area contributed by atoms with Gasteiger partial charge in [0.25, 0.3) is 5.91 Å². The molecule has 166 valence electrons. The van der Waals surface area contributed by atoms with Gasteiger partial charge in [-0.05, 0) is 59.5 Å². The summed E-state index contributed by atoms with van der Waals surface area (Å²) in [7, 11) is 1.51. The molecule has 0 bridgehead atoms. The van der Waals surface area contributed by atoms with Crippen molar-refractivity contribution in [2.75, 3.05) is 18.6 Å². The van der Waals surface area contributed by atoms with E-state index < -0.39 is 0 Å². The highest BCUT2D eigenvalue weighted by molar-refractivity contribution is 6.32. The van der Waals surface area contributed by atoms with E-state index in [2.05, 4.69) is 0 Å². The van der Waals surface area contributed by atoms with Crippen LogP contribution in [0.2, 0.25) is 10.0 Å². The monoisotopic (exact) mass is 478 g/mol. The van der Waals surface area contributed by atoms with Gasteiger partial charge in [0, 0.05) is 17.3 Å². The van der Waals surface area contributed by atoms with Crippen LogP contribution in [0.4, 0.5) is 5.69 Å². The van der Waals surface area contributed by atoms with Crippen LogP contribution in [0.3, 0.4) is 0 Å². The Bertz CT molecular complexity index is 1260. The minimum absolute atomic E-state index is 0.0136. The molecule has 5 nitrogen and oxygen atoms in total. The number of fused-ring (bicyclic) bond motifs is 1. The van der Waals surface area contributed by atoms with E-state index in [1.54, 1.807) is 29.2 Å². The standard InChI is InChI=1S/C26H20Cl2N2O3/c1-32-24-14-18(13-22(28)25(24)33-16-17-6-8-21(27)9-7-17)12-20(15-29)26(31)30-11-10-19-4-2-3-5-23(19)30/h2-9,12-14H,10-11,16H2,1H3.